The van der Waals surface area contributed by atoms with Crippen LogP contribution in [-0.2, 0) is 19.1 Å². The van der Waals surface area contributed by atoms with Crippen molar-refractivity contribution < 1.29 is 19.1 Å². The smallest absolute Gasteiger partial charge is 0.312 e. The highest BCUT2D eigenvalue weighted by Gasteiger charge is 2.87. The number of fused-ring (bicyclic) bond motifs is 3. The van der Waals surface area contributed by atoms with Gasteiger partial charge >= 0.3 is 11.9 Å². The average Bonchev–Trinajstić information content (AvgIpc) is 3.29. The summed E-state index contributed by atoms with van der Waals surface area (Å²) >= 11 is 0. The van der Waals surface area contributed by atoms with Crippen LogP contribution in [0.3, 0.4) is 0 Å². The maximum absolute atomic E-state index is 12.5. The molecule has 0 aromatic rings. The van der Waals surface area contributed by atoms with Crippen molar-refractivity contribution in [3.05, 3.63) is 0 Å². The summed E-state index contributed by atoms with van der Waals surface area (Å²) in [5, 5.41) is 0. The average molecular weight is 276 g/mol. The summed E-state index contributed by atoms with van der Waals surface area (Å²) in [5.41, 5.74) is -0.332. The Labute approximate surface area is 118 Å². The summed E-state index contributed by atoms with van der Waals surface area (Å²) < 4.78 is 10.8. The molecule has 4 saturated carbocycles. The van der Waals surface area contributed by atoms with Crippen LogP contribution in [0, 0.1) is 21.7 Å². The minimum atomic E-state index is -0.239. The van der Waals surface area contributed by atoms with Gasteiger partial charge < -0.3 is 9.47 Å². The first-order valence-corrected chi connectivity index (χ1v) is 7.97. The topological polar surface area (TPSA) is 52.6 Å². The highest BCUT2D eigenvalue weighted by Crippen LogP contribution is 2.90. The molecule has 0 bridgehead atoms. The highest BCUT2D eigenvalue weighted by molar-refractivity contribution is 5.86. The summed E-state index contributed by atoms with van der Waals surface area (Å²) in [6.45, 7) is 0.455. The molecule has 1 heterocycles. The highest BCUT2D eigenvalue weighted by atomic mass is 16.6. The Hall–Kier alpha value is -1.06. The third-order valence-electron chi connectivity index (χ3n) is 7.08. The molecule has 4 nitrogen and oxygen atoms in total. The Kier molecular flexibility index (Phi) is 1.78. The molecule has 5 rings (SSSR count). The Balaban J connectivity index is 1.63. The summed E-state index contributed by atoms with van der Waals surface area (Å²) in [4.78, 5) is 25.1. The normalized spacial score (nSPS) is 36.6. The van der Waals surface area contributed by atoms with Crippen molar-refractivity contribution in [3.8, 4) is 0 Å². The van der Waals surface area contributed by atoms with Crippen molar-refractivity contribution in [1.29, 1.82) is 0 Å². The lowest BCUT2D eigenvalue weighted by atomic mass is 9.65. The van der Waals surface area contributed by atoms with Crippen LogP contribution in [0.5, 0.6) is 0 Å². The number of rotatable bonds is 0. The van der Waals surface area contributed by atoms with Gasteiger partial charge in [-0.2, -0.15) is 0 Å². The van der Waals surface area contributed by atoms with Gasteiger partial charge in [0.2, 0.25) is 0 Å². The third kappa shape index (κ3) is 1.02. The number of carbonyl (C=O) groups is 2. The van der Waals surface area contributed by atoms with Crippen LogP contribution in [0.2, 0.25) is 0 Å². The second-order valence-electron chi connectivity index (χ2n) is 7.60. The van der Waals surface area contributed by atoms with Crippen molar-refractivity contribution in [1.82, 2.24) is 0 Å². The summed E-state index contributed by atoms with van der Waals surface area (Å²) in [5.74, 6) is -0.00921. The number of ether oxygens (including phenoxy) is 2. The SMILES string of the molecule is O=C1OCCOC(=O)C2(CC2)C2(CC2)C2(CC2)C12CC2. The maximum Gasteiger partial charge on any atom is 0.312 e. The lowest BCUT2D eigenvalue weighted by Gasteiger charge is -2.39. The lowest BCUT2D eigenvalue weighted by Crippen LogP contribution is -2.44. The molecule has 5 aliphatic rings. The summed E-state index contributed by atoms with van der Waals surface area (Å²) in [7, 11) is 0. The molecule has 4 spiro atoms. The minimum absolute atomic E-state index is 0.00461. The van der Waals surface area contributed by atoms with Gasteiger partial charge in [-0.25, -0.2) is 0 Å². The molecule has 1 saturated heterocycles. The van der Waals surface area contributed by atoms with Crippen molar-refractivity contribution >= 4 is 11.9 Å². The van der Waals surface area contributed by atoms with E-state index in [1.165, 1.54) is 0 Å². The second-order valence-corrected chi connectivity index (χ2v) is 7.60. The van der Waals surface area contributed by atoms with E-state index < -0.39 is 0 Å². The van der Waals surface area contributed by atoms with E-state index in [0.29, 0.717) is 0 Å². The number of cyclic esters (lactones) is 2. The van der Waals surface area contributed by atoms with Crippen LogP contribution in [0.1, 0.15) is 51.4 Å². The van der Waals surface area contributed by atoms with Crippen LogP contribution >= 0.6 is 0 Å². The first kappa shape index (κ1) is 11.6. The Morgan fingerprint density at radius 1 is 0.600 bits per heavy atom. The molecular weight excluding hydrogens is 256 g/mol. The van der Waals surface area contributed by atoms with E-state index in [1.54, 1.807) is 0 Å². The Morgan fingerprint density at radius 2 is 0.950 bits per heavy atom. The largest absolute Gasteiger partial charge is 0.462 e. The summed E-state index contributed by atoms with van der Waals surface area (Å²) in [6, 6.07) is 0. The van der Waals surface area contributed by atoms with E-state index in [2.05, 4.69) is 0 Å². The zero-order chi connectivity index (χ0) is 13.6. The number of carbonyl (C=O) groups excluding carboxylic acids is 2. The zero-order valence-corrected chi connectivity index (χ0v) is 11.7. The summed E-state index contributed by atoms with van der Waals surface area (Å²) in [6.07, 6.45) is 8.32. The van der Waals surface area contributed by atoms with Crippen molar-refractivity contribution in [2.24, 2.45) is 21.7 Å². The van der Waals surface area contributed by atoms with E-state index in [4.69, 9.17) is 9.47 Å². The van der Waals surface area contributed by atoms with Gasteiger partial charge in [-0.15, -0.1) is 0 Å². The molecule has 108 valence electrons. The monoisotopic (exact) mass is 276 g/mol. The molecule has 20 heavy (non-hydrogen) atoms. The molecule has 0 aromatic carbocycles. The Bertz CT molecular complexity index is 471. The van der Waals surface area contributed by atoms with Gasteiger partial charge in [-0.1, -0.05) is 0 Å². The van der Waals surface area contributed by atoms with Gasteiger partial charge in [0.05, 0.1) is 10.8 Å². The van der Waals surface area contributed by atoms with Crippen molar-refractivity contribution in [2.45, 2.75) is 51.4 Å². The van der Waals surface area contributed by atoms with Crippen molar-refractivity contribution in [2.75, 3.05) is 13.2 Å². The van der Waals surface area contributed by atoms with Gasteiger partial charge in [0.1, 0.15) is 13.2 Å². The minimum Gasteiger partial charge on any atom is -0.462 e. The molecule has 0 atom stereocenters. The predicted molar refractivity (Wildman–Crippen MR) is 68.6 cm³/mol. The van der Waals surface area contributed by atoms with Crippen LogP contribution < -0.4 is 0 Å². The molecule has 0 radical (unpaired) electrons. The Morgan fingerprint density at radius 3 is 1.20 bits per heavy atom. The molecule has 1 aliphatic heterocycles. The van der Waals surface area contributed by atoms with Gasteiger partial charge in [-0.05, 0) is 62.2 Å². The van der Waals surface area contributed by atoms with E-state index in [1.807, 2.05) is 0 Å². The molecular formula is C16H20O4. The van der Waals surface area contributed by atoms with Crippen LogP contribution in [-0.4, -0.2) is 25.2 Å². The van der Waals surface area contributed by atoms with Crippen LogP contribution in [0.15, 0.2) is 0 Å². The van der Waals surface area contributed by atoms with E-state index >= 15 is 0 Å². The standard InChI is InChI=1S/C16H20O4/c17-11-13(1-2-13)15(5-6-15)16(7-8-16)14(3-4-14)12(18)20-10-9-19-11/h1-10H2. The quantitative estimate of drug-likeness (QED) is 0.636. The fourth-order valence-electron chi connectivity index (χ4n) is 5.63. The molecule has 0 unspecified atom stereocenters. The van der Waals surface area contributed by atoms with Gasteiger partial charge in [-0.3, -0.25) is 9.59 Å². The lowest BCUT2D eigenvalue weighted by molar-refractivity contribution is -0.171. The molecule has 4 heteroatoms. The van der Waals surface area contributed by atoms with E-state index in [0.717, 1.165) is 51.4 Å². The number of hydrogen-bond donors (Lipinski definition) is 0. The number of esters is 2. The number of hydrogen-bond acceptors (Lipinski definition) is 4. The fraction of sp³-hybridized carbons (Fsp3) is 0.875. The van der Waals surface area contributed by atoms with Crippen LogP contribution in [0.25, 0.3) is 0 Å². The second kappa shape index (κ2) is 3.07. The van der Waals surface area contributed by atoms with Crippen molar-refractivity contribution in [3.63, 3.8) is 0 Å². The molecule has 0 aromatic heterocycles. The van der Waals surface area contributed by atoms with Gasteiger partial charge in [0.15, 0.2) is 0 Å². The first-order chi connectivity index (χ1) is 9.63. The predicted octanol–water partition coefficient (Wildman–Crippen LogP) is 2.21. The molecule has 4 aliphatic carbocycles. The maximum atomic E-state index is 12.5. The van der Waals surface area contributed by atoms with Gasteiger partial charge in [0, 0.05) is 0 Å². The van der Waals surface area contributed by atoms with Crippen LogP contribution in [0.4, 0.5) is 0 Å². The zero-order valence-electron chi connectivity index (χ0n) is 11.7. The van der Waals surface area contributed by atoms with E-state index in [9.17, 15) is 9.59 Å². The molecule has 0 N–H and O–H groups in total. The fourth-order valence-corrected chi connectivity index (χ4v) is 5.63. The third-order valence-corrected chi connectivity index (χ3v) is 7.08. The van der Waals surface area contributed by atoms with Gasteiger partial charge in [0.25, 0.3) is 0 Å². The molecule has 0 amide bonds. The van der Waals surface area contributed by atoms with E-state index in [-0.39, 0.29) is 46.8 Å². The molecule has 5 fully saturated rings. The first-order valence-electron chi connectivity index (χ1n) is 7.97.